The van der Waals surface area contributed by atoms with E-state index in [1.165, 1.54) is 29.7 Å². The molecule has 0 bridgehead atoms. The molecule has 3 rings (SSSR count). The number of carbonyl (C=O) groups excluding carboxylic acids is 1. The number of nitrogens with one attached hydrogen (secondary N) is 2. The minimum Gasteiger partial charge on any atom is -0.328 e. The Kier molecular flexibility index (Phi) is 4.76. The molecule has 21 heavy (non-hydrogen) atoms. The topological polar surface area (TPSA) is 101 Å². The third-order valence-corrected chi connectivity index (χ3v) is 4.28. The molecule has 0 unspecified atom stereocenters. The van der Waals surface area contributed by atoms with Gasteiger partial charge in [-0.3, -0.25) is 14.9 Å². The van der Waals surface area contributed by atoms with Crippen molar-refractivity contribution in [2.45, 2.75) is 25.3 Å². The van der Waals surface area contributed by atoms with Crippen molar-refractivity contribution in [3.63, 3.8) is 0 Å². The summed E-state index contributed by atoms with van der Waals surface area (Å²) in [5.41, 5.74) is 7.12. The van der Waals surface area contributed by atoms with E-state index in [4.69, 9.17) is 5.73 Å². The van der Waals surface area contributed by atoms with E-state index in [0.29, 0.717) is 10.7 Å². The lowest BCUT2D eigenvalue weighted by atomic mass is 9.99. The molecule has 0 aliphatic heterocycles. The van der Waals surface area contributed by atoms with E-state index in [-0.39, 0.29) is 29.9 Å². The van der Waals surface area contributed by atoms with Gasteiger partial charge in [-0.1, -0.05) is 0 Å². The van der Waals surface area contributed by atoms with Gasteiger partial charge in [-0.15, -0.1) is 23.7 Å². The summed E-state index contributed by atoms with van der Waals surface area (Å²) in [7, 11) is 0. The minimum absolute atomic E-state index is 0. The number of H-pyrrole nitrogens is 1. The molecule has 0 saturated carbocycles. The number of aromatic amines is 1. The van der Waals surface area contributed by atoms with E-state index in [1.807, 2.05) is 0 Å². The normalized spacial score (nSPS) is 16.7. The Labute approximate surface area is 131 Å². The first kappa shape index (κ1) is 15.7. The van der Waals surface area contributed by atoms with Crippen LogP contribution in [0.1, 0.15) is 27.3 Å². The average molecular weight is 327 g/mol. The maximum absolute atomic E-state index is 12.0. The number of aryl methyl sites for hydroxylation is 1. The monoisotopic (exact) mass is 326 g/mol. The van der Waals surface area contributed by atoms with Gasteiger partial charge in [0.15, 0.2) is 5.13 Å². The number of hydrogen-bond donors (Lipinski definition) is 3. The molecule has 0 spiro atoms. The van der Waals surface area contributed by atoms with Gasteiger partial charge in [-0.05, 0) is 25.3 Å². The van der Waals surface area contributed by atoms with Gasteiger partial charge in [0.1, 0.15) is 0 Å². The molecule has 1 amide bonds. The largest absolute Gasteiger partial charge is 0.328 e. The lowest BCUT2D eigenvalue weighted by Gasteiger charge is -2.15. The van der Waals surface area contributed by atoms with Crippen LogP contribution in [0.2, 0.25) is 0 Å². The SMILES string of the molecule is Cl.N[C@H]1CCc2nc(NC(=O)c3ccc(=O)[nH]c3)sc2C1. The number of carbonyl (C=O) groups is 1. The van der Waals surface area contributed by atoms with E-state index in [1.54, 1.807) is 0 Å². The fourth-order valence-corrected chi connectivity index (χ4v) is 3.27. The van der Waals surface area contributed by atoms with Crippen LogP contribution in [0.15, 0.2) is 23.1 Å². The molecule has 1 aliphatic carbocycles. The predicted octanol–water partition coefficient (Wildman–Crippen LogP) is 1.32. The summed E-state index contributed by atoms with van der Waals surface area (Å²) >= 11 is 1.47. The van der Waals surface area contributed by atoms with Crippen LogP contribution in [-0.4, -0.2) is 21.9 Å². The number of fused-ring (bicyclic) bond motifs is 1. The van der Waals surface area contributed by atoms with Crippen molar-refractivity contribution in [1.29, 1.82) is 0 Å². The molecule has 0 fully saturated rings. The van der Waals surface area contributed by atoms with Crippen molar-refractivity contribution in [3.8, 4) is 0 Å². The van der Waals surface area contributed by atoms with Gasteiger partial charge in [0.2, 0.25) is 5.56 Å². The minimum atomic E-state index is -0.281. The number of nitrogens with two attached hydrogens (primary N) is 1. The van der Waals surface area contributed by atoms with Crippen LogP contribution in [0.3, 0.4) is 0 Å². The molecule has 1 atom stereocenters. The first-order valence-electron chi connectivity index (χ1n) is 6.36. The van der Waals surface area contributed by atoms with Crippen LogP contribution in [0.25, 0.3) is 0 Å². The summed E-state index contributed by atoms with van der Waals surface area (Å²) in [4.78, 5) is 31.0. The third-order valence-electron chi connectivity index (χ3n) is 3.24. The van der Waals surface area contributed by atoms with Crippen molar-refractivity contribution in [2.24, 2.45) is 5.73 Å². The lowest BCUT2D eigenvalue weighted by molar-refractivity contribution is 0.102. The lowest BCUT2D eigenvalue weighted by Crippen LogP contribution is -2.27. The highest BCUT2D eigenvalue weighted by atomic mass is 35.5. The van der Waals surface area contributed by atoms with Crippen molar-refractivity contribution in [2.75, 3.05) is 5.32 Å². The molecule has 8 heteroatoms. The van der Waals surface area contributed by atoms with Crippen molar-refractivity contribution < 1.29 is 4.79 Å². The van der Waals surface area contributed by atoms with E-state index >= 15 is 0 Å². The van der Waals surface area contributed by atoms with Gasteiger partial charge in [0.05, 0.1) is 11.3 Å². The molecule has 0 saturated heterocycles. The van der Waals surface area contributed by atoms with Crippen molar-refractivity contribution in [1.82, 2.24) is 9.97 Å². The highest BCUT2D eigenvalue weighted by Gasteiger charge is 2.20. The molecule has 112 valence electrons. The second-order valence-corrected chi connectivity index (χ2v) is 5.87. The molecular weight excluding hydrogens is 312 g/mol. The van der Waals surface area contributed by atoms with E-state index in [2.05, 4.69) is 15.3 Å². The molecule has 1 aliphatic rings. The van der Waals surface area contributed by atoms with Gasteiger partial charge in [-0.25, -0.2) is 4.98 Å². The number of hydrogen-bond acceptors (Lipinski definition) is 5. The number of halogens is 1. The molecular formula is C13H15ClN4O2S. The van der Waals surface area contributed by atoms with Crippen LogP contribution in [0.5, 0.6) is 0 Å². The van der Waals surface area contributed by atoms with Crippen molar-refractivity contribution in [3.05, 3.63) is 44.8 Å². The number of pyridine rings is 1. The van der Waals surface area contributed by atoms with Gasteiger partial charge in [0.25, 0.3) is 5.91 Å². The number of anilines is 1. The van der Waals surface area contributed by atoms with Crippen molar-refractivity contribution >= 4 is 34.8 Å². The zero-order valence-corrected chi connectivity index (χ0v) is 12.7. The third kappa shape index (κ3) is 3.49. The summed E-state index contributed by atoms with van der Waals surface area (Å²) in [5.74, 6) is -0.281. The standard InChI is InChI=1S/C13H14N4O2S.ClH/c14-8-2-3-9-10(5-8)20-13(16-9)17-12(19)7-1-4-11(18)15-6-7;/h1,4,6,8H,2-3,5,14H2,(H,15,18)(H,16,17,19);1H/t8-;/m0./s1. The van der Waals surface area contributed by atoms with Gasteiger partial charge in [-0.2, -0.15) is 0 Å². The summed E-state index contributed by atoms with van der Waals surface area (Å²) in [6, 6.07) is 2.99. The Morgan fingerprint density at radius 2 is 2.29 bits per heavy atom. The number of aromatic nitrogens is 2. The summed E-state index contributed by atoms with van der Waals surface area (Å²) < 4.78 is 0. The Hall–Kier alpha value is -1.70. The van der Waals surface area contributed by atoms with Crippen LogP contribution < -0.4 is 16.6 Å². The first-order chi connectivity index (χ1) is 9.61. The second kappa shape index (κ2) is 6.38. The van der Waals surface area contributed by atoms with Gasteiger partial charge in [0, 0.05) is 23.2 Å². The molecule has 0 aromatic carbocycles. The first-order valence-corrected chi connectivity index (χ1v) is 7.18. The fourth-order valence-electron chi connectivity index (χ4n) is 2.18. The van der Waals surface area contributed by atoms with Gasteiger partial charge < -0.3 is 10.7 Å². The highest BCUT2D eigenvalue weighted by Crippen LogP contribution is 2.29. The maximum atomic E-state index is 12.0. The molecule has 4 N–H and O–H groups in total. The van der Waals surface area contributed by atoms with Crippen LogP contribution in [0.4, 0.5) is 5.13 Å². The Morgan fingerprint density at radius 1 is 1.48 bits per heavy atom. The number of rotatable bonds is 2. The quantitative estimate of drug-likeness (QED) is 0.774. The van der Waals surface area contributed by atoms with Gasteiger partial charge >= 0.3 is 0 Å². The fraction of sp³-hybridized carbons (Fsp3) is 0.308. The molecule has 0 radical (unpaired) electrons. The van der Waals surface area contributed by atoms with Crippen LogP contribution in [0, 0.1) is 0 Å². The van der Waals surface area contributed by atoms with E-state index in [0.717, 1.165) is 29.8 Å². The van der Waals surface area contributed by atoms with E-state index < -0.39 is 0 Å². The smallest absolute Gasteiger partial charge is 0.258 e. The van der Waals surface area contributed by atoms with E-state index in [9.17, 15) is 9.59 Å². The Balaban J connectivity index is 0.00000161. The summed E-state index contributed by atoms with van der Waals surface area (Å²) in [5, 5.41) is 3.34. The average Bonchev–Trinajstić information content (AvgIpc) is 2.80. The Morgan fingerprint density at radius 3 is 3.00 bits per heavy atom. The molecule has 6 nitrogen and oxygen atoms in total. The zero-order valence-electron chi connectivity index (χ0n) is 11.1. The maximum Gasteiger partial charge on any atom is 0.258 e. The Bertz CT molecular complexity index is 692. The second-order valence-electron chi connectivity index (χ2n) is 4.79. The molecule has 2 heterocycles. The van der Waals surface area contributed by atoms with Crippen LogP contribution in [-0.2, 0) is 12.8 Å². The number of nitrogens with zero attached hydrogens (tertiary/aromatic N) is 1. The predicted molar refractivity (Wildman–Crippen MR) is 84.4 cm³/mol. The molecule has 2 aromatic rings. The van der Waals surface area contributed by atoms with Crippen LogP contribution >= 0.6 is 23.7 Å². The number of amides is 1. The molecule has 2 aromatic heterocycles. The zero-order chi connectivity index (χ0) is 14.1. The highest BCUT2D eigenvalue weighted by molar-refractivity contribution is 7.15. The summed E-state index contributed by atoms with van der Waals surface area (Å²) in [6.07, 6.45) is 4.01. The summed E-state index contributed by atoms with van der Waals surface area (Å²) in [6.45, 7) is 0. The number of thiazole rings is 1.